The molecule has 2 aromatic carbocycles. The summed E-state index contributed by atoms with van der Waals surface area (Å²) in [7, 11) is 0. The van der Waals surface area contributed by atoms with Crippen molar-refractivity contribution < 1.29 is 23.0 Å². The fourth-order valence-electron chi connectivity index (χ4n) is 3.91. The number of hydrogen-bond donors (Lipinski definition) is 2. The Hall–Kier alpha value is -2.74. The van der Waals surface area contributed by atoms with Crippen molar-refractivity contribution in [1.29, 1.82) is 0 Å². The van der Waals surface area contributed by atoms with Crippen LogP contribution < -0.4 is 5.32 Å². The van der Waals surface area contributed by atoms with Gasteiger partial charge in [0.1, 0.15) is 5.69 Å². The van der Waals surface area contributed by atoms with Gasteiger partial charge in [-0.15, -0.1) is 0 Å². The first-order valence-electron chi connectivity index (χ1n) is 12.0. The molecule has 2 atom stereocenters. The maximum atomic E-state index is 13.6. The first-order chi connectivity index (χ1) is 16.8. The van der Waals surface area contributed by atoms with E-state index in [0.29, 0.717) is 31.1 Å². The van der Waals surface area contributed by atoms with Crippen molar-refractivity contribution in [2.45, 2.75) is 44.5 Å². The highest BCUT2D eigenvalue weighted by Gasteiger charge is 2.34. The van der Waals surface area contributed by atoms with Crippen molar-refractivity contribution in [2.24, 2.45) is 5.92 Å². The number of halogens is 3. The minimum Gasteiger partial charge on any atom is -0.387 e. The average molecular weight is 485 g/mol. The third-order valence-electron chi connectivity index (χ3n) is 6.16. The fourth-order valence-corrected chi connectivity index (χ4v) is 3.91. The largest absolute Gasteiger partial charge is 0.433 e. The third kappa shape index (κ3) is 7.62. The van der Waals surface area contributed by atoms with E-state index in [2.05, 4.69) is 10.3 Å². The smallest absolute Gasteiger partial charge is 0.387 e. The van der Waals surface area contributed by atoms with Crippen LogP contribution in [0.5, 0.6) is 0 Å². The van der Waals surface area contributed by atoms with Gasteiger partial charge in [-0.05, 0) is 55.4 Å². The molecule has 0 aliphatic heterocycles. The lowest BCUT2D eigenvalue weighted by molar-refractivity contribution is -0.141. The number of ether oxygens (including phenoxy) is 1. The van der Waals surface area contributed by atoms with Gasteiger partial charge in [0.25, 0.3) is 0 Å². The van der Waals surface area contributed by atoms with Crippen LogP contribution in [0.3, 0.4) is 0 Å². The Morgan fingerprint density at radius 3 is 2.43 bits per heavy atom. The quantitative estimate of drug-likeness (QED) is 0.365. The summed E-state index contributed by atoms with van der Waals surface area (Å²) in [6.07, 6.45) is -2.67. The molecule has 0 spiro atoms. The second-order valence-electron chi connectivity index (χ2n) is 9.33. The van der Waals surface area contributed by atoms with Crippen LogP contribution in [0.2, 0.25) is 0 Å². The number of alkyl halides is 3. The molecule has 0 radical (unpaired) electrons. The Morgan fingerprint density at radius 1 is 1.06 bits per heavy atom. The minimum atomic E-state index is -4.62. The Morgan fingerprint density at radius 2 is 1.77 bits per heavy atom. The van der Waals surface area contributed by atoms with Crippen molar-refractivity contribution in [3.05, 3.63) is 89.1 Å². The lowest BCUT2D eigenvalue weighted by atomic mass is 10.0. The molecule has 0 saturated heterocycles. The van der Waals surface area contributed by atoms with Crippen LogP contribution in [-0.4, -0.2) is 35.9 Å². The highest BCUT2D eigenvalue weighted by Crippen LogP contribution is 2.32. The van der Waals surface area contributed by atoms with Crippen molar-refractivity contribution in [3.8, 4) is 11.3 Å². The van der Waals surface area contributed by atoms with E-state index in [4.69, 9.17) is 4.74 Å². The summed E-state index contributed by atoms with van der Waals surface area (Å²) in [4.78, 5) is 3.82. The molecule has 7 heteroatoms. The Kier molecular flexibility index (Phi) is 8.21. The molecule has 35 heavy (non-hydrogen) atoms. The Labute approximate surface area is 204 Å². The summed E-state index contributed by atoms with van der Waals surface area (Å²) in [6.45, 7) is 3.19. The molecule has 0 amide bonds. The minimum absolute atomic E-state index is 0.0775. The molecule has 186 valence electrons. The van der Waals surface area contributed by atoms with Gasteiger partial charge in [-0.2, -0.15) is 13.2 Å². The number of hydrogen-bond acceptors (Lipinski definition) is 4. The van der Waals surface area contributed by atoms with E-state index in [-0.39, 0.29) is 23.8 Å². The topological polar surface area (TPSA) is 54.4 Å². The summed E-state index contributed by atoms with van der Waals surface area (Å²) >= 11 is 0. The number of nitrogens with zero attached hydrogens (tertiary/aromatic N) is 1. The first kappa shape index (κ1) is 25.4. The van der Waals surface area contributed by atoms with Gasteiger partial charge in [0.2, 0.25) is 0 Å². The molecule has 2 N–H and O–H groups in total. The summed E-state index contributed by atoms with van der Waals surface area (Å²) in [5.74, 6) is 0.635. The molecule has 1 aliphatic carbocycles. The van der Waals surface area contributed by atoms with Gasteiger partial charge in [-0.3, -0.25) is 0 Å². The molecule has 1 heterocycles. The molecule has 4 rings (SSSR count). The zero-order valence-corrected chi connectivity index (χ0v) is 19.8. The van der Waals surface area contributed by atoms with Crippen LogP contribution in [0.15, 0.2) is 66.7 Å². The summed E-state index contributed by atoms with van der Waals surface area (Å²) < 4.78 is 46.6. The molecule has 1 unspecified atom stereocenters. The van der Waals surface area contributed by atoms with E-state index < -0.39 is 18.0 Å². The predicted molar refractivity (Wildman–Crippen MR) is 130 cm³/mol. The van der Waals surface area contributed by atoms with Crippen LogP contribution in [0, 0.1) is 12.8 Å². The van der Waals surface area contributed by atoms with Gasteiger partial charge in [0, 0.05) is 24.8 Å². The predicted octanol–water partition coefficient (Wildman–Crippen LogP) is 5.74. The molecule has 4 nitrogen and oxygen atoms in total. The van der Waals surface area contributed by atoms with Gasteiger partial charge >= 0.3 is 6.18 Å². The molecule has 1 fully saturated rings. The SMILES string of the molecule is Cc1ccc(-c2cc(C(O)CN[C@H](COCC3CC3)Cc3ccccc3)cc(C(F)(F)F)n2)cc1. The molecule has 1 aliphatic rings. The Balaban J connectivity index is 1.49. The van der Waals surface area contributed by atoms with Crippen LogP contribution in [-0.2, 0) is 17.3 Å². The number of nitrogens with one attached hydrogen (secondary N) is 1. The number of benzene rings is 2. The number of aliphatic hydroxyl groups is 1. The number of rotatable bonds is 11. The van der Waals surface area contributed by atoms with E-state index in [9.17, 15) is 18.3 Å². The van der Waals surface area contributed by atoms with Crippen molar-refractivity contribution in [2.75, 3.05) is 19.8 Å². The summed E-state index contributed by atoms with van der Waals surface area (Å²) in [6, 6.07) is 19.4. The monoisotopic (exact) mass is 484 g/mol. The number of pyridine rings is 1. The van der Waals surface area contributed by atoms with Crippen LogP contribution in [0.1, 0.15) is 41.3 Å². The van der Waals surface area contributed by atoms with Gasteiger partial charge < -0.3 is 15.2 Å². The van der Waals surface area contributed by atoms with Crippen molar-refractivity contribution in [3.63, 3.8) is 0 Å². The van der Waals surface area contributed by atoms with Crippen LogP contribution in [0.25, 0.3) is 11.3 Å². The zero-order chi connectivity index (χ0) is 24.8. The zero-order valence-electron chi connectivity index (χ0n) is 19.8. The highest BCUT2D eigenvalue weighted by atomic mass is 19.4. The van der Waals surface area contributed by atoms with Gasteiger partial charge in [0.15, 0.2) is 0 Å². The second-order valence-corrected chi connectivity index (χ2v) is 9.33. The van der Waals surface area contributed by atoms with Crippen molar-refractivity contribution >= 4 is 0 Å². The van der Waals surface area contributed by atoms with Gasteiger partial charge in [-0.1, -0.05) is 60.2 Å². The third-order valence-corrected chi connectivity index (χ3v) is 6.16. The van der Waals surface area contributed by atoms with Crippen LogP contribution in [0.4, 0.5) is 13.2 Å². The highest BCUT2D eigenvalue weighted by molar-refractivity contribution is 5.61. The molecule has 1 aromatic heterocycles. The molecule has 0 bridgehead atoms. The number of aryl methyl sites for hydroxylation is 1. The van der Waals surface area contributed by atoms with Crippen molar-refractivity contribution in [1.82, 2.24) is 10.3 Å². The maximum absolute atomic E-state index is 13.6. The lowest BCUT2D eigenvalue weighted by Crippen LogP contribution is -2.38. The maximum Gasteiger partial charge on any atom is 0.433 e. The normalized spacial score (nSPS) is 15.7. The summed E-state index contributed by atoms with van der Waals surface area (Å²) in [5.41, 5.74) is 2.03. The molecular weight excluding hydrogens is 453 g/mol. The van der Waals surface area contributed by atoms with Gasteiger partial charge in [0.05, 0.1) is 18.4 Å². The summed E-state index contributed by atoms with van der Waals surface area (Å²) in [5, 5.41) is 14.2. The molecular formula is C28H31F3N2O2. The number of aliphatic hydroxyl groups excluding tert-OH is 1. The van der Waals surface area contributed by atoms with Crippen LogP contribution >= 0.6 is 0 Å². The van der Waals surface area contributed by atoms with E-state index in [1.54, 1.807) is 12.1 Å². The second kappa shape index (κ2) is 11.3. The average Bonchev–Trinajstić information content (AvgIpc) is 3.67. The van der Waals surface area contributed by atoms with E-state index in [0.717, 1.165) is 17.2 Å². The Bertz CT molecular complexity index is 1080. The molecule has 1 saturated carbocycles. The number of aromatic nitrogens is 1. The van der Waals surface area contributed by atoms with E-state index in [1.165, 1.54) is 18.9 Å². The van der Waals surface area contributed by atoms with E-state index in [1.807, 2.05) is 49.4 Å². The first-order valence-corrected chi connectivity index (χ1v) is 12.0. The lowest BCUT2D eigenvalue weighted by Gasteiger charge is -2.22. The van der Waals surface area contributed by atoms with Gasteiger partial charge in [-0.25, -0.2) is 4.98 Å². The molecule has 3 aromatic rings. The van der Waals surface area contributed by atoms with E-state index >= 15 is 0 Å². The fraction of sp³-hybridized carbons (Fsp3) is 0.393. The standard InChI is InChI=1S/C28H31F3N2O2/c1-19-7-11-22(12-8-19)25-14-23(15-27(33-25)28(29,30)31)26(34)16-32-24(18-35-17-21-9-10-21)13-20-5-3-2-4-6-20/h2-8,11-12,14-15,21,24,26,32,34H,9-10,13,16-18H2,1H3/t24-,26?/m0/s1.